The summed E-state index contributed by atoms with van der Waals surface area (Å²) in [5, 5.41) is 2.99. The SMILES string of the molecule is CC[C@@H](C)NC(=O)[C@@H](CC)N(CCc1ccccc1)C(=O)CN(c1ccc(OC)cc1)S(=O)(=O)c1ccccc1. The lowest BCUT2D eigenvalue weighted by Crippen LogP contribution is -2.54. The van der Waals surface area contributed by atoms with Crippen LogP contribution in [0.3, 0.4) is 0 Å². The van der Waals surface area contributed by atoms with E-state index in [0.717, 1.165) is 16.3 Å². The lowest BCUT2D eigenvalue weighted by atomic mass is 10.1. The Hall–Kier alpha value is -3.85. The Kier molecular flexibility index (Phi) is 11.1. The quantitative estimate of drug-likeness (QED) is 0.307. The van der Waals surface area contributed by atoms with Gasteiger partial charge in [-0.2, -0.15) is 0 Å². The number of rotatable bonds is 14. The molecule has 9 heteroatoms. The normalized spacial score (nSPS) is 12.7. The van der Waals surface area contributed by atoms with Gasteiger partial charge in [-0.3, -0.25) is 13.9 Å². The summed E-state index contributed by atoms with van der Waals surface area (Å²) in [4.78, 5) is 28.9. The van der Waals surface area contributed by atoms with Crippen LogP contribution in [-0.2, 0) is 26.0 Å². The van der Waals surface area contributed by atoms with Crippen molar-refractivity contribution in [1.29, 1.82) is 0 Å². The number of ether oxygens (including phenoxy) is 1. The summed E-state index contributed by atoms with van der Waals surface area (Å²) < 4.78 is 34.0. The van der Waals surface area contributed by atoms with Gasteiger partial charge < -0.3 is 15.0 Å². The maximum atomic E-state index is 14.0. The molecule has 0 fully saturated rings. The second-order valence-corrected chi connectivity index (χ2v) is 11.4. The number of nitrogens with zero attached hydrogens (tertiary/aromatic N) is 2. The Morgan fingerprint density at radius 3 is 2.02 bits per heavy atom. The fraction of sp³-hybridized carbons (Fsp3) is 0.355. The number of hydrogen-bond donors (Lipinski definition) is 1. The van der Waals surface area contributed by atoms with Crippen LogP contribution in [0, 0.1) is 0 Å². The molecule has 2 amide bonds. The first-order valence-electron chi connectivity index (χ1n) is 13.6. The summed E-state index contributed by atoms with van der Waals surface area (Å²) in [5.74, 6) is -0.151. The number of anilines is 1. The molecule has 1 N–H and O–H groups in total. The van der Waals surface area contributed by atoms with Crippen LogP contribution in [0.25, 0.3) is 0 Å². The third kappa shape index (κ3) is 7.85. The molecule has 0 bridgehead atoms. The van der Waals surface area contributed by atoms with E-state index in [1.54, 1.807) is 42.5 Å². The molecule has 0 aliphatic rings. The molecule has 40 heavy (non-hydrogen) atoms. The van der Waals surface area contributed by atoms with Gasteiger partial charge in [-0.15, -0.1) is 0 Å². The predicted molar refractivity (Wildman–Crippen MR) is 158 cm³/mol. The zero-order valence-corrected chi connectivity index (χ0v) is 24.4. The summed E-state index contributed by atoms with van der Waals surface area (Å²) in [5.41, 5.74) is 1.33. The number of carbonyl (C=O) groups is 2. The summed E-state index contributed by atoms with van der Waals surface area (Å²) in [6, 6.07) is 23.4. The van der Waals surface area contributed by atoms with E-state index >= 15 is 0 Å². The molecule has 214 valence electrons. The molecular formula is C31H39N3O5S. The van der Waals surface area contributed by atoms with Gasteiger partial charge in [0.15, 0.2) is 0 Å². The van der Waals surface area contributed by atoms with Gasteiger partial charge in [-0.05, 0) is 68.1 Å². The van der Waals surface area contributed by atoms with Gasteiger partial charge in [0.2, 0.25) is 11.8 Å². The summed E-state index contributed by atoms with van der Waals surface area (Å²) >= 11 is 0. The van der Waals surface area contributed by atoms with Gasteiger partial charge in [0, 0.05) is 12.6 Å². The van der Waals surface area contributed by atoms with Gasteiger partial charge in [-0.25, -0.2) is 8.42 Å². The van der Waals surface area contributed by atoms with Crippen molar-refractivity contribution in [3.05, 3.63) is 90.5 Å². The molecule has 0 aliphatic carbocycles. The molecule has 3 aromatic rings. The van der Waals surface area contributed by atoms with Crippen molar-refractivity contribution in [2.75, 3.05) is 24.5 Å². The van der Waals surface area contributed by atoms with Crippen LogP contribution in [0.5, 0.6) is 5.75 Å². The number of hydrogen-bond acceptors (Lipinski definition) is 5. The molecule has 0 aliphatic heterocycles. The van der Waals surface area contributed by atoms with Crippen LogP contribution in [-0.4, -0.2) is 57.4 Å². The van der Waals surface area contributed by atoms with E-state index in [2.05, 4.69) is 5.32 Å². The van der Waals surface area contributed by atoms with Crippen molar-refractivity contribution in [2.24, 2.45) is 0 Å². The van der Waals surface area contributed by atoms with Gasteiger partial charge in [0.25, 0.3) is 10.0 Å². The maximum absolute atomic E-state index is 14.0. The van der Waals surface area contributed by atoms with E-state index < -0.39 is 28.5 Å². The van der Waals surface area contributed by atoms with Crippen molar-refractivity contribution in [2.45, 2.75) is 57.0 Å². The predicted octanol–water partition coefficient (Wildman–Crippen LogP) is 4.66. The number of benzene rings is 3. The second kappa shape index (κ2) is 14.5. The number of methoxy groups -OCH3 is 1. The van der Waals surface area contributed by atoms with Crippen molar-refractivity contribution in [3.8, 4) is 5.75 Å². The minimum Gasteiger partial charge on any atom is -0.497 e. The van der Waals surface area contributed by atoms with Crippen molar-refractivity contribution >= 4 is 27.5 Å². The molecule has 3 aromatic carbocycles. The fourth-order valence-corrected chi connectivity index (χ4v) is 5.77. The minimum absolute atomic E-state index is 0.0538. The van der Waals surface area contributed by atoms with Gasteiger partial charge >= 0.3 is 0 Å². The molecule has 8 nitrogen and oxygen atoms in total. The van der Waals surface area contributed by atoms with Crippen LogP contribution >= 0.6 is 0 Å². The molecule has 2 atom stereocenters. The fourth-order valence-electron chi connectivity index (χ4n) is 4.33. The summed E-state index contributed by atoms with van der Waals surface area (Å²) in [6.07, 6.45) is 1.66. The highest BCUT2D eigenvalue weighted by atomic mass is 32.2. The molecule has 0 saturated heterocycles. The Labute approximate surface area is 238 Å². The Morgan fingerprint density at radius 2 is 1.48 bits per heavy atom. The molecule has 0 radical (unpaired) electrons. The molecule has 0 saturated carbocycles. The number of amides is 2. The van der Waals surface area contributed by atoms with Gasteiger partial charge in [-0.1, -0.05) is 62.4 Å². The van der Waals surface area contributed by atoms with Crippen molar-refractivity contribution in [3.63, 3.8) is 0 Å². The molecule has 0 heterocycles. The maximum Gasteiger partial charge on any atom is 0.264 e. The van der Waals surface area contributed by atoms with Crippen LogP contribution in [0.1, 0.15) is 39.2 Å². The van der Waals surface area contributed by atoms with E-state index in [1.807, 2.05) is 51.1 Å². The second-order valence-electron chi connectivity index (χ2n) is 9.59. The molecular weight excluding hydrogens is 526 g/mol. The average molecular weight is 566 g/mol. The third-order valence-electron chi connectivity index (χ3n) is 6.84. The molecule has 3 rings (SSSR count). The van der Waals surface area contributed by atoms with E-state index in [1.165, 1.54) is 24.1 Å². The van der Waals surface area contributed by atoms with Gasteiger partial charge in [0.1, 0.15) is 18.3 Å². The van der Waals surface area contributed by atoms with Gasteiger partial charge in [0.05, 0.1) is 17.7 Å². The van der Waals surface area contributed by atoms with E-state index in [0.29, 0.717) is 24.3 Å². The van der Waals surface area contributed by atoms with E-state index in [9.17, 15) is 18.0 Å². The molecule has 0 aromatic heterocycles. The molecule has 0 spiro atoms. The van der Waals surface area contributed by atoms with Crippen molar-refractivity contribution in [1.82, 2.24) is 10.2 Å². The number of carbonyl (C=O) groups excluding carboxylic acids is 2. The summed E-state index contributed by atoms with van der Waals surface area (Å²) in [7, 11) is -2.58. The zero-order valence-electron chi connectivity index (χ0n) is 23.6. The Balaban J connectivity index is 1.99. The topological polar surface area (TPSA) is 96.0 Å². The highest BCUT2D eigenvalue weighted by Gasteiger charge is 2.33. The number of sulfonamides is 1. The zero-order chi connectivity index (χ0) is 29.1. The van der Waals surface area contributed by atoms with Crippen LogP contribution in [0.15, 0.2) is 89.8 Å². The Morgan fingerprint density at radius 1 is 0.875 bits per heavy atom. The Bertz CT molecular complexity index is 1330. The smallest absolute Gasteiger partial charge is 0.264 e. The minimum atomic E-state index is -4.10. The monoisotopic (exact) mass is 565 g/mol. The lowest BCUT2D eigenvalue weighted by molar-refractivity contribution is -0.139. The largest absolute Gasteiger partial charge is 0.497 e. The van der Waals surface area contributed by atoms with Crippen LogP contribution in [0.4, 0.5) is 5.69 Å². The van der Waals surface area contributed by atoms with E-state index in [4.69, 9.17) is 4.74 Å². The first-order valence-corrected chi connectivity index (χ1v) is 15.0. The van der Waals surface area contributed by atoms with E-state index in [-0.39, 0.29) is 23.4 Å². The third-order valence-corrected chi connectivity index (χ3v) is 8.63. The number of nitrogens with one attached hydrogen (secondary N) is 1. The highest BCUT2D eigenvalue weighted by molar-refractivity contribution is 7.92. The van der Waals surface area contributed by atoms with Crippen LogP contribution in [0.2, 0.25) is 0 Å². The highest BCUT2D eigenvalue weighted by Crippen LogP contribution is 2.26. The molecule has 0 unspecified atom stereocenters. The standard InChI is InChI=1S/C31H39N3O5S/c1-5-24(3)32-31(36)29(6-2)33(22-21-25-13-9-7-10-14-25)30(35)23-34(26-17-19-27(39-4)20-18-26)40(37,38)28-15-11-8-12-16-28/h7-20,24,29H,5-6,21-23H2,1-4H3,(H,32,36)/t24-,29-/m1/s1. The van der Waals surface area contributed by atoms with Crippen molar-refractivity contribution < 1.29 is 22.7 Å². The lowest BCUT2D eigenvalue weighted by Gasteiger charge is -2.33. The van der Waals surface area contributed by atoms with Crippen LogP contribution < -0.4 is 14.4 Å². The summed E-state index contributed by atoms with van der Waals surface area (Å²) in [6.45, 7) is 5.54. The first-order chi connectivity index (χ1) is 19.2. The average Bonchev–Trinajstić information content (AvgIpc) is 2.98. The first kappa shape index (κ1) is 30.7.